The predicted octanol–water partition coefficient (Wildman–Crippen LogP) is 18.9. The van der Waals surface area contributed by atoms with Crippen LogP contribution in [0.3, 0.4) is 0 Å². The number of hydrogen-bond donors (Lipinski definition) is 2. The van der Waals surface area contributed by atoms with Crippen LogP contribution in [0.1, 0.15) is 133 Å². The van der Waals surface area contributed by atoms with Crippen molar-refractivity contribution in [2.75, 3.05) is 123 Å². The highest BCUT2D eigenvalue weighted by molar-refractivity contribution is 9.09. The first-order valence-electron chi connectivity index (χ1n) is 40.0. The third-order valence-corrected chi connectivity index (χ3v) is 36.9. The number of nitrogens with one attached hydrogen (secondary N) is 1. The molecule has 32 heteroatoms. The third-order valence-electron chi connectivity index (χ3n) is 21.0. The van der Waals surface area contributed by atoms with Gasteiger partial charge in [-0.3, -0.25) is 31.5 Å². The summed E-state index contributed by atoms with van der Waals surface area (Å²) in [6.07, 6.45) is 13.4. The highest BCUT2D eigenvalue weighted by Crippen LogP contribution is 2.46. The molecule has 117 heavy (non-hydrogen) atoms. The lowest BCUT2D eigenvalue weighted by atomic mass is 10.1. The molecule has 0 aliphatic heterocycles. The summed E-state index contributed by atoms with van der Waals surface area (Å²) in [5.41, 5.74) is 4.98. The zero-order chi connectivity index (χ0) is 84.7. The lowest BCUT2D eigenvalue weighted by Gasteiger charge is -2.28. The highest BCUT2D eigenvalue weighted by Gasteiger charge is 2.36. The van der Waals surface area contributed by atoms with Crippen LogP contribution in [-0.4, -0.2) is 165 Å². The summed E-state index contributed by atoms with van der Waals surface area (Å²) >= 11 is 10.8. The van der Waals surface area contributed by atoms with E-state index in [1.807, 2.05) is 125 Å². The topological polar surface area (TPSA) is 272 Å². The average molecular weight is 1860 g/mol. The van der Waals surface area contributed by atoms with Crippen molar-refractivity contribution < 1.29 is 66.3 Å². The number of aliphatic hydroxyl groups is 1. The number of halogens is 1. The number of sulfonamides is 5. The third kappa shape index (κ3) is 26.0. The van der Waals surface area contributed by atoms with E-state index in [0.29, 0.717) is 77.6 Å². The molecule has 0 amide bonds. The molecule has 10 aromatic rings. The molecule has 21 nitrogen and oxygen atoms in total. The summed E-state index contributed by atoms with van der Waals surface area (Å²) < 4.78 is 150. The van der Waals surface area contributed by atoms with Crippen molar-refractivity contribution in [3.63, 3.8) is 0 Å². The van der Waals surface area contributed by atoms with E-state index in [1.165, 1.54) is 93.6 Å². The van der Waals surface area contributed by atoms with E-state index in [-0.39, 0.29) is 23.9 Å². The van der Waals surface area contributed by atoms with Crippen LogP contribution in [0, 0.1) is 70.1 Å². The zero-order valence-corrected chi connectivity index (χ0v) is 78.5. The number of esters is 2. The van der Waals surface area contributed by atoms with Crippen LogP contribution in [0.15, 0.2) is 121 Å². The second-order valence-corrected chi connectivity index (χ2v) is 47.2. The number of hydrogen-bond acceptors (Lipinski definition) is 21. The largest absolute Gasteiger partial charge is 0.468 e. The molecule has 4 aliphatic carbocycles. The van der Waals surface area contributed by atoms with Crippen molar-refractivity contribution >= 4 is 210 Å². The second kappa shape index (κ2) is 41.7. The van der Waals surface area contributed by atoms with Gasteiger partial charge in [0.15, 0.2) is 11.5 Å². The molecule has 0 radical (unpaired) electrons. The van der Waals surface area contributed by atoms with Crippen molar-refractivity contribution in [2.24, 2.45) is 35.5 Å². The lowest BCUT2D eigenvalue weighted by Crippen LogP contribution is -2.40. The minimum atomic E-state index is -3.76. The normalized spacial score (nSPS) is 14.5. The van der Waals surface area contributed by atoms with Crippen molar-refractivity contribution in [1.29, 1.82) is 0 Å². The first-order valence-corrected chi connectivity index (χ1v) is 53.3. The highest BCUT2D eigenvalue weighted by atomic mass is 79.9. The Hall–Kier alpha value is -6.01. The number of alkyl halides is 1. The molecule has 0 bridgehead atoms. The second-order valence-electron chi connectivity index (χ2n) is 31.6. The molecule has 2 N–H and O–H groups in total. The van der Waals surface area contributed by atoms with Gasteiger partial charge in [0.25, 0.3) is 0 Å². The summed E-state index contributed by atoms with van der Waals surface area (Å²) in [6, 6.07) is 39.9. The standard InChI is InChI=1S/C24H38N2O2S2.C17H21NO4S2.C16H20BrNO2S2.C16H21NO3S2.C12H13NO4S2/c1-18(2)16-25(17-19(3)4)14-15-30(27,28)26(13-12-21-10-11-21)24-20(5)22-8-6-7-9-23(22)29-24;1-12-14-5-3-4-6-15(14)23-17(12)18(10-9-13-7-8-13)24(20,21)11-16(19)22-2;1-12-14-4-2-3-5-15(14)21-16(12)18(10-8-13-6-7-13)22(19,20)11-9-17;1-12-14-4-2-3-5-15(14)21-16(12)17(9-8-13-6-7-13)22(19,20)11-10-18;1-8-9-5-3-4-6-10(9)18-12(8)13-19(15,16)7-11(14)17-2/h6-9,18-19,21H,10-17H2,1-5H3;3-6,13H,7-11H2,1-2H3;2-5,13H,6-11H2,1H3;2-5,13,18H,6-11H2,1H3;3-6,13H,7H2,1-2H3. The molecule has 640 valence electrons. The van der Waals surface area contributed by atoms with Crippen LogP contribution in [0.2, 0.25) is 0 Å². The van der Waals surface area contributed by atoms with Gasteiger partial charge >= 0.3 is 11.9 Å². The Morgan fingerprint density at radius 1 is 0.410 bits per heavy atom. The molecule has 0 saturated heterocycles. The minimum Gasteiger partial charge on any atom is -0.468 e. The first-order chi connectivity index (χ1) is 55.6. The summed E-state index contributed by atoms with van der Waals surface area (Å²) in [4.78, 5) is 24.9. The maximum Gasteiger partial charge on any atom is 0.322 e. The van der Waals surface area contributed by atoms with Crippen molar-refractivity contribution in [3.05, 3.63) is 149 Å². The Labute approximate surface area is 721 Å². The van der Waals surface area contributed by atoms with Gasteiger partial charge in [-0.2, -0.15) is 0 Å². The molecule has 0 spiro atoms. The van der Waals surface area contributed by atoms with Gasteiger partial charge in [-0.25, -0.2) is 42.1 Å². The number of carbonyl (C=O) groups is 2. The summed E-state index contributed by atoms with van der Waals surface area (Å²) in [5, 5.41) is 18.9. The van der Waals surface area contributed by atoms with Crippen molar-refractivity contribution in [3.8, 4) is 0 Å². The number of methoxy groups -OCH3 is 2. The van der Waals surface area contributed by atoms with Gasteiger partial charge in [0.1, 0.15) is 25.0 Å². The van der Waals surface area contributed by atoms with Crippen LogP contribution in [0.25, 0.3) is 50.4 Å². The lowest BCUT2D eigenvalue weighted by molar-refractivity contribution is -0.138. The van der Waals surface area contributed by atoms with Crippen LogP contribution < -0.4 is 21.9 Å². The summed E-state index contributed by atoms with van der Waals surface area (Å²) in [6.45, 7) is 22.9. The molecule has 5 aromatic carbocycles. The molecule has 4 saturated carbocycles. The minimum absolute atomic E-state index is 0.144. The van der Waals surface area contributed by atoms with E-state index in [9.17, 15) is 51.7 Å². The first kappa shape index (κ1) is 93.3. The Morgan fingerprint density at radius 3 is 0.974 bits per heavy atom. The fourth-order valence-corrected chi connectivity index (χ4v) is 29.2. The van der Waals surface area contributed by atoms with Gasteiger partial charge in [0.05, 0.1) is 38.1 Å². The van der Waals surface area contributed by atoms with Gasteiger partial charge < -0.3 is 19.5 Å². The maximum atomic E-state index is 13.6. The number of anilines is 5. The number of benzene rings is 5. The van der Waals surface area contributed by atoms with Crippen LogP contribution in [0.5, 0.6) is 0 Å². The predicted molar refractivity (Wildman–Crippen MR) is 495 cm³/mol. The molecule has 0 unspecified atom stereocenters. The molecule has 5 aromatic heterocycles. The molecular weight excluding hydrogens is 1750 g/mol. The Kier molecular flexibility index (Phi) is 33.2. The smallest absolute Gasteiger partial charge is 0.322 e. The van der Waals surface area contributed by atoms with Crippen molar-refractivity contribution in [1.82, 2.24) is 4.90 Å². The number of ether oxygens (including phenoxy) is 2. The summed E-state index contributed by atoms with van der Waals surface area (Å²) in [7, 11) is -15.2. The number of fused-ring (bicyclic) bond motifs is 5. The van der Waals surface area contributed by atoms with Gasteiger partial charge in [0, 0.05) is 74.6 Å². The number of nitrogens with zero attached hydrogens (tertiary/aromatic N) is 5. The van der Waals surface area contributed by atoms with Gasteiger partial charge in [-0.05, 0) is 181 Å². The van der Waals surface area contributed by atoms with Crippen LogP contribution in [0.4, 0.5) is 25.0 Å². The monoisotopic (exact) mass is 1860 g/mol. The van der Waals surface area contributed by atoms with E-state index in [1.54, 1.807) is 31.3 Å². The average Bonchev–Trinajstić information content (AvgIpc) is 1.71. The number of thiophene rings is 5. The number of aliphatic hydroxyl groups excluding tert-OH is 1. The van der Waals surface area contributed by atoms with E-state index in [2.05, 4.69) is 93.9 Å². The summed E-state index contributed by atoms with van der Waals surface area (Å²) in [5.74, 6) is 1.05. The van der Waals surface area contributed by atoms with E-state index in [0.717, 1.165) is 153 Å². The molecule has 5 heterocycles. The fourth-order valence-electron chi connectivity index (χ4n) is 13.9. The van der Waals surface area contributed by atoms with Crippen LogP contribution >= 0.6 is 72.6 Å². The molecule has 14 rings (SSSR count). The van der Waals surface area contributed by atoms with E-state index < -0.39 is 73.6 Å². The fraction of sp³-hybridized carbons (Fsp3) is 0.506. The van der Waals surface area contributed by atoms with E-state index in [4.69, 9.17) is 5.11 Å². The molecule has 4 aliphatic rings. The number of aryl methyl sites for hydroxylation is 5. The SMILES string of the molecule is COC(=O)CS(=O)(=O)N(CCC1CC1)c1sc2ccccc2c1C.COC(=O)CS(=O)(=O)Nc1sc2ccccc2c1C.Cc1c(N(CCC2CC2)S(=O)(=O)CCBr)sc2ccccc12.Cc1c(N(CCC2CC2)S(=O)(=O)CCN(CC(C)C)CC(C)C)sc2ccccc12.Cc1c(N(CCC2CC2)S(=O)(=O)CCO)sc2ccccc12. The molecular formula is C85H113BrN6O15S10. The maximum absolute atomic E-state index is 13.6. The van der Waals surface area contributed by atoms with Crippen molar-refractivity contribution in [2.45, 2.75) is 139 Å². The zero-order valence-electron chi connectivity index (χ0n) is 68.8. The number of rotatable bonds is 37. The Bertz CT molecular complexity index is 5490. The molecule has 0 atom stereocenters. The van der Waals surface area contributed by atoms with Gasteiger partial charge in [0.2, 0.25) is 50.1 Å². The Balaban J connectivity index is 0.000000155. The van der Waals surface area contributed by atoms with Gasteiger partial charge in [-0.1, -0.05) is 186 Å². The number of carbonyl (C=O) groups excluding carboxylic acids is 2. The van der Waals surface area contributed by atoms with E-state index >= 15 is 0 Å². The quantitative estimate of drug-likeness (QED) is 0.0270. The van der Waals surface area contributed by atoms with Crippen LogP contribution in [-0.2, 0) is 69.2 Å². The molecule has 4 fully saturated rings. The Morgan fingerprint density at radius 2 is 0.692 bits per heavy atom. The van der Waals surface area contributed by atoms with Gasteiger partial charge in [-0.15, -0.1) is 56.7 Å².